The van der Waals surface area contributed by atoms with Gasteiger partial charge in [0, 0.05) is 31.8 Å². The van der Waals surface area contributed by atoms with Gasteiger partial charge in [-0.15, -0.1) is 10.2 Å². The standard InChI is InChI=1S/C22H33N5OS/c1-25-21(23-24-22(25)29-18-16-26-11-3-2-4-12-26)19-9-14-27(15-10-19)13-5-7-20-8-6-17-28-20/h5-8,17,19H,2-4,9-16,18H2,1H3/b7-5+. The molecule has 2 fully saturated rings. The fourth-order valence-electron chi connectivity index (χ4n) is 4.33. The molecule has 0 aliphatic carbocycles. The quantitative estimate of drug-likeness (QED) is 0.610. The maximum absolute atomic E-state index is 5.35. The Morgan fingerprint density at radius 1 is 1.10 bits per heavy atom. The number of furan rings is 1. The SMILES string of the molecule is Cn1c(SCCN2CCCCC2)nnc1C1CCN(C/C=C/c2ccco2)CC1. The molecule has 2 aliphatic rings. The first-order chi connectivity index (χ1) is 14.3. The van der Waals surface area contributed by atoms with Crippen LogP contribution in [0.15, 0.2) is 34.0 Å². The number of hydrogen-bond donors (Lipinski definition) is 0. The number of piperidine rings is 2. The molecular formula is C22H33N5OS. The highest BCUT2D eigenvalue weighted by Gasteiger charge is 2.25. The van der Waals surface area contributed by atoms with E-state index in [1.807, 2.05) is 23.9 Å². The van der Waals surface area contributed by atoms with Crippen LogP contribution in [0.5, 0.6) is 0 Å². The number of aromatic nitrogens is 3. The fraction of sp³-hybridized carbons (Fsp3) is 0.636. The van der Waals surface area contributed by atoms with Crippen molar-refractivity contribution in [1.82, 2.24) is 24.6 Å². The minimum absolute atomic E-state index is 0.522. The summed E-state index contributed by atoms with van der Waals surface area (Å²) < 4.78 is 7.58. The van der Waals surface area contributed by atoms with Gasteiger partial charge in [-0.05, 0) is 70.1 Å². The molecule has 2 aliphatic heterocycles. The van der Waals surface area contributed by atoms with Gasteiger partial charge in [0.05, 0.1) is 6.26 Å². The van der Waals surface area contributed by atoms with E-state index in [4.69, 9.17) is 4.42 Å². The van der Waals surface area contributed by atoms with Gasteiger partial charge < -0.3 is 13.9 Å². The van der Waals surface area contributed by atoms with Gasteiger partial charge in [0.15, 0.2) is 5.16 Å². The van der Waals surface area contributed by atoms with Crippen molar-refractivity contribution in [3.63, 3.8) is 0 Å². The molecule has 29 heavy (non-hydrogen) atoms. The van der Waals surface area contributed by atoms with E-state index in [0.29, 0.717) is 5.92 Å². The molecule has 0 unspecified atom stereocenters. The van der Waals surface area contributed by atoms with E-state index in [0.717, 1.165) is 61.5 Å². The van der Waals surface area contributed by atoms with E-state index in [9.17, 15) is 0 Å². The second kappa shape index (κ2) is 10.5. The average molecular weight is 416 g/mol. The molecule has 158 valence electrons. The van der Waals surface area contributed by atoms with Crippen LogP contribution in [0.3, 0.4) is 0 Å². The summed E-state index contributed by atoms with van der Waals surface area (Å²) >= 11 is 1.86. The summed E-state index contributed by atoms with van der Waals surface area (Å²) in [5.74, 6) is 3.71. The third-order valence-corrected chi connectivity index (χ3v) is 7.10. The van der Waals surface area contributed by atoms with Gasteiger partial charge in [-0.2, -0.15) is 0 Å². The third kappa shape index (κ3) is 5.74. The van der Waals surface area contributed by atoms with Crippen LogP contribution < -0.4 is 0 Å². The van der Waals surface area contributed by atoms with E-state index in [1.54, 1.807) is 6.26 Å². The molecule has 2 saturated heterocycles. The molecule has 0 atom stereocenters. The molecule has 0 saturated carbocycles. The van der Waals surface area contributed by atoms with Crippen LogP contribution in [0.4, 0.5) is 0 Å². The zero-order valence-electron chi connectivity index (χ0n) is 17.5. The highest BCUT2D eigenvalue weighted by molar-refractivity contribution is 7.99. The lowest BCUT2D eigenvalue weighted by Gasteiger charge is -2.30. The van der Waals surface area contributed by atoms with Gasteiger partial charge in [0.2, 0.25) is 0 Å². The second-order valence-corrected chi connectivity index (χ2v) is 9.21. The molecule has 6 nitrogen and oxygen atoms in total. The van der Waals surface area contributed by atoms with Crippen molar-refractivity contribution in [3.8, 4) is 0 Å². The monoisotopic (exact) mass is 415 g/mol. The first-order valence-electron chi connectivity index (χ1n) is 11.0. The Balaban J connectivity index is 1.21. The number of rotatable bonds is 8. The summed E-state index contributed by atoms with van der Waals surface area (Å²) in [4.78, 5) is 5.09. The lowest BCUT2D eigenvalue weighted by atomic mass is 9.96. The van der Waals surface area contributed by atoms with Gasteiger partial charge in [-0.3, -0.25) is 4.90 Å². The molecule has 2 aromatic heterocycles. The van der Waals surface area contributed by atoms with Crippen molar-refractivity contribution in [1.29, 1.82) is 0 Å². The summed E-state index contributed by atoms with van der Waals surface area (Å²) in [5.41, 5.74) is 0. The summed E-state index contributed by atoms with van der Waals surface area (Å²) in [6.07, 6.45) is 12.4. The molecule has 0 radical (unpaired) electrons. The Hall–Kier alpha value is -1.57. The van der Waals surface area contributed by atoms with Crippen molar-refractivity contribution >= 4 is 17.8 Å². The van der Waals surface area contributed by atoms with Gasteiger partial charge in [-0.1, -0.05) is 24.3 Å². The molecule has 0 N–H and O–H groups in total. The smallest absolute Gasteiger partial charge is 0.191 e. The van der Waals surface area contributed by atoms with E-state index in [1.165, 1.54) is 32.4 Å². The highest BCUT2D eigenvalue weighted by Crippen LogP contribution is 2.28. The molecule has 0 bridgehead atoms. The maximum atomic E-state index is 5.35. The van der Waals surface area contributed by atoms with E-state index in [2.05, 4.69) is 43.8 Å². The minimum Gasteiger partial charge on any atom is -0.465 e. The first kappa shape index (κ1) is 20.7. The number of thioether (sulfide) groups is 1. The second-order valence-electron chi connectivity index (χ2n) is 8.14. The summed E-state index contributed by atoms with van der Waals surface area (Å²) in [5, 5.41) is 10.1. The number of likely N-dealkylation sites (tertiary alicyclic amines) is 2. The van der Waals surface area contributed by atoms with Crippen molar-refractivity contribution in [3.05, 3.63) is 36.1 Å². The van der Waals surface area contributed by atoms with E-state index < -0.39 is 0 Å². The molecule has 2 aromatic rings. The van der Waals surface area contributed by atoms with Crippen molar-refractivity contribution in [2.45, 2.75) is 43.2 Å². The van der Waals surface area contributed by atoms with Crippen molar-refractivity contribution in [2.24, 2.45) is 7.05 Å². The predicted molar refractivity (Wildman–Crippen MR) is 118 cm³/mol. The molecule has 0 spiro atoms. The normalized spacial score (nSPS) is 20.0. The minimum atomic E-state index is 0.522. The van der Waals surface area contributed by atoms with Crippen molar-refractivity contribution < 1.29 is 4.42 Å². The Labute approximate surface area is 178 Å². The van der Waals surface area contributed by atoms with Crippen LogP contribution in [0.25, 0.3) is 6.08 Å². The Morgan fingerprint density at radius 2 is 1.93 bits per heavy atom. The third-order valence-electron chi connectivity index (χ3n) is 6.10. The maximum Gasteiger partial charge on any atom is 0.191 e. The topological polar surface area (TPSA) is 50.3 Å². The fourth-order valence-corrected chi connectivity index (χ4v) is 5.25. The molecule has 4 rings (SSSR count). The van der Waals surface area contributed by atoms with Crippen LogP contribution in [-0.4, -0.2) is 69.6 Å². The summed E-state index contributed by atoms with van der Waals surface area (Å²) in [7, 11) is 2.14. The Bertz CT molecular complexity index is 758. The van der Waals surface area contributed by atoms with Crippen LogP contribution in [-0.2, 0) is 7.05 Å². The summed E-state index contributed by atoms with van der Waals surface area (Å²) in [6, 6.07) is 3.91. The first-order valence-corrected chi connectivity index (χ1v) is 11.9. The zero-order chi connectivity index (χ0) is 19.9. The van der Waals surface area contributed by atoms with Crippen molar-refractivity contribution in [2.75, 3.05) is 45.0 Å². The molecule has 0 amide bonds. The molecule has 7 heteroatoms. The number of hydrogen-bond acceptors (Lipinski definition) is 6. The average Bonchev–Trinajstić information content (AvgIpc) is 3.40. The Kier molecular flexibility index (Phi) is 7.46. The van der Waals surface area contributed by atoms with Crippen LogP contribution in [0.1, 0.15) is 49.6 Å². The van der Waals surface area contributed by atoms with Crippen LogP contribution in [0.2, 0.25) is 0 Å². The van der Waals surface area contributed by atoms with Gasteiger partial charge in [-0.25, -0.2) is 0 Å². The van der Waals surface area contributed by atoms with Crippen LogP contribution in [0, 0.1) is 0 Å². The van der Waals surface area contributed by atoms with Gasteiger partial charge >= 0.3 is 0 Å². The largest absolute Gasteiger partial charge is 0.465 e. The predicted octanol–water partition coefficient (Wildman–Crippen LogP) is 3.88. The highest BCUT2D eigenvalue weighted by atomic mass is 32.2. The zero-order valence-corrected chi connectivity index (χ0v) is 18.3. The van der Waals surface area contributed by atoms with E-state index >= 15 is 0 Å². The number of nitrogens with zero attached hydrogens (tertiary/aromatic N) is 5. The van der Waals surface area contributed by atoms with Gasteiger partial charge in [0.1, 0.15) is 11.6 Å². The molecule has 0 aromatic carbocycles. The lowest BCUT2D eigenvalue weighted by molar-refractivity contribution is 0.227. The lowest BCUT2D eigenvalue weighted by Crippen LogP contribution is -2.33. The van der Waals surface area contributed by atoms with Crippen LogP contribution >= 0.6 is 11.8 Å². The van der Waals surface area contributed by atoms with E-state index in [-0.39, 0.29) is 0 Å². The van der Waals surface area contributed by atoms with Gasteiger partial charge in [0.25, 0.3) is 0 Å². The summed E-state index contributed by atoms with van der Waals surface area (Å²) in [6.45, 7) is 6.88. The molecule has 4 heterocycles. The Morgan fingerprint density at radius 3 is 2.69 bits per heavy atom. The molecular weight excluding hydrogens is 382 g/mol.